The van der Waals surface area contributed by atoms with E-state index in [9.17, 15) is 0 Å². The molecule has 0 aromatic rings. The molecule has 1 nitrogen and oxygen atoms in total. The van der Waals surface area contributed by atoms with Gasteiger partial charge >= 0.3 is 0 Å². The molecule has 1 heterocycles. The Morgan fingerprint density at radius 2 is 2.00 bits per heavy atom. The summed E-state index contributed by atoms with van der Waals surface area (Å²) in [5.74, 6) is 1.79. The molecule has 1 heteroatoms. The molecule has 1 fully saturated rings. The maximum Gasteiger partial charge on any atom is 0.0311 e. The summed E-state index contributed by atoms with van der Waals surface area (Å²) in [5, 5.41) is 0. The van der Waals surface area contributed by atoms with Crippen LogP contribution in [0.1, 0.15) is 47.0 Å². The van der Waals surface area contributed by atoms with Crippen molar-refractivity contribution < 1.29 is 0 Å². The van der Waals surface area contributed by atoms with Gasteiger partial charge in [0, 0.05) is 18.1 Å². The Morgan fingerprint density at radius 1 is 1.27 bits per heavy atom. The monoisotopic (exact) mass is 207 g/mol. The van der Waals surface area contributed by atoms with Crippen LogP contribution in [0.5, 0.6) is 0 Å². The molecule has 3 unspecified atom stereocenters. The highest BCUT2D eigenvalue weighted by molar-refractivity contribution is 5.07. The van der Waals surface area contributed by atoms with Crippen LogP contribution >= 0.6 is 0 Å². The SMILES string of the molecule is CC1CC2CCC=CC2N(C(C)(C)C)C1. The molecule has 0 spiro atoms. The summed E-state index contributed by atoms with van der Waals surface area (Å²) in [6, 6.07) is 0.718. The Kier molecular flexibility index (Phi) is 2.94. The largest absolute Gasteiger partial charge is 0.292 e. The summed E-state index contributed by atoms with van der Waals surface area (Å²) in [6.45, 7) is 10.7. The molecule has 86 valence electrons. The molecule has 0 amide bonds. The highest BCUT2D eigenvalue weighted by Gasteiger charge is 2.38. The quantitative estimate of drug-likeness (QED) is 0.550. The van der Waals surface area contributed by atoms with E-state index in [0.29, 0.717) is 5.54 Å². The van der Waals surface area contributed by atoms with E-state index in [0.717, 1.165) is 17.9 Å². The highest BCUT2D eigenvalue weighted by atomic mass is 15.2. The summed E-state index contributed by atoms with van der Waals surface area (Å²) >= 11 is 0. The molecular formula is C14H25N. The second-order valence-corrected chi connectivity index (χ2v) is 6.42. The van der Waals surface area contributed by atoms with Gasteiger partial charge in [-0.05, 0) is 51.9 Å². The molecule has 0 radical (unpaired) electrons. The van der Waals surface area contributed by atoms with Crippen LogP contribution in [0.4, 0.5) is 0 Å². The predicted molar refractivity (Wildman–Crippen MR) is 65.9 cm³/mol. The Labute approximate surface area is 94.5 Å². The minimum absolute atomic E-state index is 0.319. The number of hydrogen-bond donors (Lipinski definition) is 0. The van der Waals surface area contributed by atoms with E-state index < -0.39 is 0 Å². The highest BCUT2D eigenvalue weighted by Crippen LogP contribution is 2.37. The molecule has 0 saturated carbocycles. The molecule has 2 rings (SSSR count). The second kappa shape index (κ2) is 3.93. The summed E-state index contributed by atoms with van der Waals surface area (Å²) in [7, 11) is 0. The number of allylic oxidation sites excluding steroid dienone is 1. The Bertz CT molecular complexity index is 249. The van der Waals surface area contributed by atoms with E-state index in [1.165, 1.54) is 25.8 Å². The van der Waals surface area contributed by atoms with Crippen molar-refractivity contribution in [2.75, 3.05) is 6.54 Å². The van der Waals surface area contributed by atoms with E-state index in [1.807, 2.05) is 0 Å². The third-order valence-electron chi connectivity index (χ3n) is 3.96. The van der Waals surface area contributed by atoms with Crippen molar-refractivity contribution in [1.29, 1.82) is 0 Å². The number of likely N-dealkylation sites (tertiary alicyclic amines) is 1. The van der Waals surface area contributed by atoms with Gasteiger partial charge in [-0.15, -0.1) is 0 Å². The van der Waals surface area contributed by atoms with E-state index in [4.69, 9.17) is 0 Å². The molecule has 1 saturated heterocycles. The second-order valence-electron chi connectivity index (χ2n) is 6.42. The predicted octanol–water partition coefficient (Wildman–Crippen LogP) is 3.46. The summed E-state index contributed by atoms with van der Waals surface area (Å²) in [5.41, 5.74) is 0.319. The smallest absolute Gasteiger partial charge is 0.0311 e. The number of hydrogen-bond acceptors (Lipinski definition) is 1. The summed E-state index contributed by atoms with van der Waals surface area (Å²) < 4.78 is 0. The van der Waals surface area contributed by atoms with Gasteiger partial charge in [0.05, 0.1) is 0 Å². The molecule has 2 aliphatic rings. The summed E-state index contributed by atoms with van der Waals surface area (Å²) in [4.78, 5) is 2.71. The fraction of sp³-hybridized carbons (Fsp3) is 0.857. The molecule has 1 aliphatic heterocycles. The molecule has 3 atom stereocenters. The van der Waals surface area contributed by atoms with E-state index >= 15 is 0 Å². The van der Waals surface area contributed by atoms with Crippen molar-refractivity contribution in [3.05, 3.63) is 12.2 Å². The van der Waals surface area contributed by atoms with Crippen molar-refractivity contribution in [2.45, 2.75) is 58.5 Å². The fourth-order valence-corrected chi connectivity index (χ4v) is 3.26. The van der Waals surface area contributed by atoms with Crippen LogP contribution in [0.3, 0.4) is 0 Å². The van der Waals surface area contributed by atoms with E-state index in [2.05, 4.69) is 44.7 Å². The lowest BCUT2D eigenvalue weighted by Gasteiger charge is -2.50. The van der Waals surface area contributed by atoms with Crippen molar-refractivity contribution in [3.63, 3.8) is 0 Å². The zero-order chi connectivity index (χ0) is 11.1. The molecule has 1 aliphatic carbocycles. The van der Waals surface area contributed by atoms with Gasteiger partial charge in [-0.1, -0.05) is 19.1 Å². The van der Waals surface area contributed by atoms with E-state index in [-0.39, 0.29) is 0 Å². The van der Waals surface area contributed by atoms with Crippen molar-refractivity contribution in [2.24, 2.45) is 11.8 Å². The summed E-state index contributed by atoms with van der Waals surface area (Å²) in [6.07, 6.45) is 8.98. The average molecular weight is 207 g/mol. The maximum absolute atomic E-state index is 2.71. The number of rotatable bonds is 0. The van der Waals surface area contributed by atoms with Crippen LogP contribution < -0.4 is 0 Å². The van der Waals surface area contributed by atoms with Gasteiger partial charge in [-0.25, -0.2) is 0 Å². The zero-order valence-electron chi connectivity index (χ0n) is 10.7. The maximum atomic E-state index is 2.71. The van der Waals surface area contributed by atoms with Crippen LogP contribution in [0.2, 0.25) is 0 Å². The number of fused-ring (bicyclic) bond motifs is 1. The number of nitrogens with zero attached hydrogens (tertiary/aromatic N) is 1. The molecule has 0 aromatic heterocycles. The normalized spacial score (nSPS) is 37.7. The molecule has 0 N–H and O–H groups in total. The topological polar surface area (TPSA) is 3.24 Å². The average Bonchev–Trinajstić information content (AvgIpc) is 2.15. The van der Waals surface area contributed by atoms with Gasteiger partial charge in [0.15, 0.2) is 0 Å². The van der Waals surface area contributed by atoms with Gasteiger partial charge < -0.3 is 0 Å². The van der Waals surface area contributed by atoms with Gasteiger partial charge in [0.25, 0.3) is 0 Å². The Balaban J connectivity index is 2.20. The third-order valence-corrected chi connectivity index (χ3v) is 3.96. The van der Waals surface area contributed by atoms with Crippen LogP contribution in [0, 0.1) is 11.8 Å². The molecule has 15 heavy (non-hydrogen) atoms. The lowest BCUT2D eigenvalue weighted by atomic mass is 9.76. The number of piperidine rings is 1. The van der Waals surface area contributed by atoms with Gasteiger partial charge in [0.2, 0.25) is 0 Å². The molecular weight excluding hydrogens is 182 g/mol. The van der Waals surface area contributed by atoms with Gasteiger partial charge in [0.1, 0.15) is 0 Å². The minimum atomic E-state index is 0.319. The van der Waals surface area contributed by atoms with Crippen molar-refractivity contribution in [3.8, 4) is 0 Å². The van der Waals surface area contributed by atoms with Crippen LogP contribution in [0.15, 0.2) is 12.2 Å². The Hall–Kier alpha value is -0.300. The van der Waals surface area contributed by atoms with Crippen LogP contribution in [0.25, 0.3) is 0 Å². The third kappa shape index (κ3) is 2.28. The fourth-order valence-electron chi connectivity index (χ4n) is 3.26. The van der Waals surface area contributed by atoms with Crippen LogP contribution in [-0.2, 0) is 0 Å². The first-order chi connectivity index (χ1) is 6.98. The lowest BCUT2D eigenvalue weighted by molar-refractivity contribution is 0.00965. The molecule has 0 bridgehead atoms. The van der Waals surface area contributed by atoms with Crippen LogP contribution in [-0.4, -0.2) is 23.0 Å². The van der Waals surface area contributed by atoms with Gasteiger partial charge in [-0.3, -0.25) is 4.90 Å². The first kappa shape index (κ1) is 11.2. The minimum Gasteiger partial charge on any atom is -0.292 e. The van der Waals surface area contributed by atoms with Crippen molar-refractivity contribution in [1.82, 2.24) is 4.90 Å². The van der Waals surface area contributed by atoms with Crippen molar-refractivity contribution >= 4 is 0 Å². The Morgan fingerprint density at radius 3 is 2.67 bits per heavy atom. The van der Waals surface area contributed by atoms with E-state index in [1.54, 1.807) is 0 Å². The first-order valence-corrected chi connectivity index (χ1v) is 6.42. The standard InChI is InChI=1S/C14H25N/c1-11-9-12-7-5-6-8-13(12)15(10-11)14(2,3)4/h6,8,11-13H,5,7,9-10H2,1-4H3. The zero-order valence-corrected chi connectivity index (χ0v) is 10.7. The van der Waals surface area contributed by atoms with Gasteiger partial charge in [-0.2, -0.15) is 0 Å². The molecule has 0 aromatic carbocycles. The first-order valence-electron chi connectivity index (χ1n) is 6.42. The lowest BCUT2D eigenvalue weighted by Crippen LogP contribution is -2.55.